The molecule has 0 aliphatic heterocycles. The highest BCUT2D eigenvalue weighted by molar-refractivity contribution is 5.91. The lowest BCUT2D eigenvalue weighted by Crippen LogP contribution is -2.36. The Morgan fingerprint density at radius 1 is 1.19 bits per heavy atom. The summed E-state index contributed by atoms with van der Waals surface area (Å²) in [6.45, 7) is 0.736. The van der Waals surface area contributed by atoms with Crippen LogP contribution in [0.15, 0.2) is 24.3 Å². The van der Waals surface area contributed by atoms with E-state index in [4.69, 9.17) is 0 Å². The Bertz CT molecular complexity index is 504. The van der Waals surface area contributed by atoms with Gasteiger partial charge in [0, 0.05) is 12.1 Å². The molecule has 0 unspecified atom stereocenters. The maximum absolute atomic E-state index is 13.9. The summed E-state index contributed by atoms with van der Waals surface area (Å²) < 4.78 is 13.9. The first-order chi connectivity index (χ1) is 10.2. The molecular formula is C18H24FNO. The van der Waals surface area contributed by atoms with Gasteiger partial charge in [-0.05, 0) is 31.2 Å². The predicted molar refractivity (Wildman–Crippen MR) is 81.5 cm³/mol. The van der Waals surface area contributed by atoms with Crippen LogP contribution in [0.4, 0.5) is 4.39 Å². The Morgan fingerprint density at radius 2 is 1.90 bits per heavy atom. The van der Waals surface area contributed by atoms with Crippen LogP contribution in [0.1, 0.15) is 56.9 Å². The van der Waals surface area contributed by atoms with Gasteiger partial charge in [-0.3, -0.25) is 4.79 Å². The molecule has 114 valence electrons. The lowest BCUT2D eigenvalue weighted by atomic mass is 9.87. The van der Waals surface area contributed by atoms with Gasteiger partial charge in [0.15, 0.2) is 0 Å². The number of hydrogen-bond acceptors (Lipinski definition) is 1. The van der Waals surface area contributed by atoms with Crippen LogP contribution in [-0.2, 0) is 10.2 Å². The second-order valence-corrected chi connectivity index (χ2v) is 6.61. The second kappa shape index (κ2) is 6.17. The fraction of sp³-hybridized carbons (Fsp3) is 0.611. The summed E-state index contributed by atoms with van der Waals surface area (Å²) in [4.78, 5) is 12.4. The van der Waals surface area contributed by atoms with E-state index < -0.39 is 5.41 Å². The van der Waals surface area contributed by atoms with Crippen molar-refractivity contribution < 1.29 is 9.18 Å². The smallest absolute Gasteiger partial charge is 0.230 e. The average Bonchev–Trinajstić information content (AvgIpc) is 3.30. The van der Waals surface area contributed by atoms with E-state index >= 15 is 0 Å². The van der Waals surface area contributed by atoms with E-state index in [-0.39, 0.29) is 11.7 Å². The normalized spacial score (nSPS) is 21.0. The van der Waals surface area contributed by atoms with Crippen molar-refractivity contribution in [3.05, 3.63) is 35.6 Å². The van der Waals surface area contributed by atoms with Gasteiger partial charge < -0.3 is 5.32 Å². The van der Waals surface area contributed by atoms with Crippen molar-refractivity contribution in [3.63, 3.8) is 0 Å². The average molecular weight is 289 g/mol. The zero-order chi connectivity index (χ0) is 14.7. The molecule has 0 heterocycles. The minimum Gasteiger partial charge on any atom is -0.355 e. The van der Waals surface area contributed by atoms with E-state index in [2.05, 4.69) is 5.32 Å². The lowest BCUT2D eigenvalue weighted by molar-refractivity contribution is -0.123. The number of rotatable bonds is 5. The molecule has 0 bridgehead atoms. The first-order valence-electron chi connectivity index (χ1n) is 8.26. The van der Waals surface area contributed by atoms with Crippen LogP contribution in [0.5, 0.6) is 0 Å². The quantitative estimate of drug-likeness (QED) is 0.874. The topological polar surface area (TPSA) is 29.1 Å². The minimum absolute atomic E-state index is 0.0170. The van der Waals surface area contributed by atoms with Crippen LogP contribution in [0, 0.1) is 11.7 Å². The molecule has 2 aliphatic carbocycles. The van der Waals surface area contributed by atoms with Crippen molar-refractivity contribution in [2.45, 2.75) is 56.8 Å². The summed E-state index contributed by atoms with van der Waals surface area (Å²) in [5.74, 6) is 0.531. The molecule has 21 heavy (non-hydrogen) atoms. The van der Waals surface area contributed by atoms with Crippen molar-refractivity contribution in [1.82, 2.24) is 5.32 Å². The SMILES string of the molecule is O=C(NCCC1CCCCC1)C1(c2ccccc2F)CC1. The number of nitrogens with one attached hydrogen (secondary N) is 1. The van der Waals surface area contributed by atoms with Crippen LogP contribution < -0.4 is 5.32 Å². The van der Waals surface area contributed by atoms with Gasteiger partial charge in [-0.2, -0.15) is 0 Å². The molecule has 2 saturated carbocycles. The van der Waals surface area contributed by atoms with Gasteiger partial charge in [0.25, 0.3) is 0 Å². The molecule has 0 atom stereocenters. The lowest BCUT2D eigenvalue weighted by Gasteiger charge is -2.22. The molecule has 3 heteroatoms. The maximum Gasteiger partial charge on any atom is 0.230 e. The third-order valence-corrected chi connectivity index (χ3v) is 5.14. The van der Waals surface area contributed by atoms with Gasteiger partial charge in [0.1, 0.15) is 5.82 Å². The highest BCUT2D eigenvalue weighted by Crippen LogP contribution is 2.49. The van der Waals surface area contributed by atoms with E-state index in [1.165, 1.54) is 38.2 Å². The van der Waals surface area contributed by atoms with Crippen molar-refractivity contribution in [2.24, 2.45) is 5.92 Å². The van der Waals surface area contributed by atoms with Gasteiger partial charge in [-0.1, -0.05) is 50.3 Å². The van der Waals surface area contributed by atoms with E-state index in [1.807, 2.05) is 6.07 Å². The van der Waals surface area contributed by atoms with E-state index in [9.17, 15) is 9.18 Å². The molecule has 1 aromatic rings. The summed E-state index contributed by atoms with van der Waals surface area (Å²) in [5.41, 5.74) is -0.0158. The minimum atomic E-state index is -0.585. The van der Waals surface area contributed by atoms with E-state index in [1.54, 1.807) is 12.1 Å². The largest absolute Gasteiger partial charge is 0.355 e. The summed E-state index contributed by atoms with van der Waals surface area (Å²) in [6.07, 6.45) is 9.23. The standard InChI is InChI=1S/C18H24FNO/c19-16-9-5-4-8-15(16)18(11-12-18)17(21)20-13-10-14-6-2-1-3-7-14/h4-5,8-9,14H,1-3,6-7,10-13H2,(H,20,21). The van der Waals surface area contributed by atoms with Gasteiger partial charge in [-0.15, -0.1) is 0 Å². The third kappa shape index (κ3) is 3.12. The van der Waals surface area contributed by atoms with E-state index in [0.29, 0.717) is 5.56 Å². The highest BCUT2D eigenvalue weighted by atomic mass is 19.1. The van der Waals surface area contributed by atoms with Gasteiger partial charge in [-0.25, -0.2) is 4.39 Å². The third-order valence-electron chi connectivity index (χ3n) is 5.14. The molecule has 1 amide bonds. The number of carbonyl (C=O) groups excluding carboxylic acids is 1. The summed E-state index contributed by atoms with van der Waals surface area (Å²) in [6, 6.07) is 6.69. The Morgan fingerprint density at radius 3 is 2.57 bits per heavy atom. The summed E-state index contributed by atoms with van der Waals surface area (Å²) in [5, 5.41) is 3.05. The maximum atomic E-state index is 13.9. The molecule has 1 aromatic carbocycles. The first-order valence-corrected chi connectivity index (χ1v) is 8.26. The molecule has 2 fully saturated rings. The number of benzene rings is 1. The van der Waals surface area contributed by atoms with Crippen LogP contribution in [0.25, 0.3) is 0 Å². The fourth-order valence-electron chi connectivity index (χ4n) is 3.63. The molecule has 0 aromatic heterocycles. The number of amides is 1. The predicted octanol–water partition coefficient (Wildman–Crippen LogP) is 3.94. The van der Waals surface area contributed by atoms with Crippen molar-refractivity contribution in [2.75, 3.05) is 6.54 Å². The molecule has 1 N–H and O–H groups in total. The second-order valence-electron chi connectivity index (χ2n) is 6.61. The molecule has 3 rings (SSSR count). The van der Waals surface area contributed by atoms with Gasteiger partial charge in [0.05, 0.1) is 5.41 Å². The Hall–Kier alpha value is -1.38. The number of hydrogen-bond donors (Lipinski definition) is 1. The van der Waals surface area contributed by atoms with Gasteiger partial charge >= 0.3 is 0 Å². The number of halogens is 1. The Balaban J connectivity index is 1.54. The monoisotopic (exact) mass is 289 g/mol. The molecule has 0 spiro atoms. The van der Waals surface area contributed by atoms with Crippen molar-refractivity contribution in [1.29, 1.82) is 0 Å². The van der Waals surface area contributed by atoms with Crippen LogP contribution in [-0.4, -0.2) is 12.5 Å². The molecular weight excluding hydrogens is 265 g/mol. The van der Waals surface area contributed by atoms with Crippen LogP contribution in [0.2, 0.25) is 0 Å². The fourth-order valence-corrected chi connectivity index (χ4v) is 3.63. The zero-order valence-corrected chi connectivity index (χ0v) is 12.5. The van der Waals surface area contributed by atoms with Crippen molar-refractivity contribution >= 4 is 5.91 Å². The summed E-state index contributed by atoms with van der Waals surface area (Å²) in [7, 11) is 0. The highest BCUT2D eigenvalue weighted by Gasteiger charge is 2.52. The molecule has 0 saturated heterocycles. The number of carbonyl (C=O) groups is 1. The molecule has 2 aliphatic rings. The van der Waals surface area contributed by atoms with Crippen LogP contribution >= 0.6 is 0 Å². The first kappa shape index (κ1) is 14.6. The van der Waals surface area contributed by atoms with Crippen LogP contribution in [0.3, 0.4) is 0 Å². The van der Waals surface area contributed by atoms with Crippen molar-refractivity contribution in [3.8, 4) is 0 Å². The zero-order valence-electron chi connectivity index (χ0n) is 12.5. The van der Waals surface area contributed by atoms with E-state index in [0.717, 1.165) is 31.7 Å². The van der Waals surface area contributed by atoms with Gasteiger partial charge in [0.2, 0.25) is 5.91 Å². The Labute approximate surface area is 126 Å². The Kier molecular flexibility index (Phi) is 4.27. The molecule has 0 radical (unpaired) electrons. The summed E-state index contributed by atoms with van der Waals surface area (Å²) >= 11 is 0. The molecule has 2 nitrogen and oxygen atoms in total.